The molecule has 1 heterocycles. The third-order valence-corrected chi connectivity index (χ3v) is 3.18. The Balaban J connectivity index is 1.63. The quantitative estimate of drug-likeness (QED) is 0.824. The molecule has 4 heteroatoms. The summed E-state index contributed by atoms with van der Waals surface area (Å²) >= 11 is 0. The van der Waals surface area contributed by atoms with Crippen LogP contribution in [0.2, 0.25) is 0 Å². The Morgan fingerprint density at radius 2 is 2.28 bits per heavy atom. The number of benzene rings is 1. The van der Waals surface area contributed by atoms with Crippen molar-refractivity contribution in [3.05, 3.63) is 48.0 Å². The first-order valence-corrected chi connectivity index (χ1v) is 6.07. The predicted molar refractivity (Wildman–Crippen MR) is 66.8 cm³/mol. The Morgan fingerprint density at radius 3 is 3.11 bits per heavy atom. The smallest absolute Gasteiger partial charge is 0.163 e. The topological polar surface area (TPSA) is 44.1 Å². The number of rotatable bonds is 4. The fraction of sp³-hybridized carbons (Fsp3) is 0.286. The van der Waals surface area contributed by atoms with Gasteiger partial charge >= 0.3 is 0 Å². The van der Waals surface area contributed by atoms with Crippen molar-refractivity contribution >= 4 is 5.78 Å². The van der Waals surface area contributed by atoms with Crippen molar-refractivity contribution < 1.29 is 9.53 Å². The number of Topliss-reactive ketones (excluding diaryl/α,β-unsaturated/α-hetero) is 1. The van der Waals surface area contributed by atoms with Crippen LogP contribution in [-0.4, -0.2) is 21.9 Å². The van der Waals surface area contributed by atoms with Gasteiger partial charge in [-0.3, -0.25) is 4.79 Å². The second-order valence-corrected chi connectivity index (χ2v) is 4.39. The van der Waals surface area contributed by atoms with Gasteiger partial charge in [0.2, 0.25) is 0 Å². The molecule has 0 bridgehead atoms. The van der Waals surface area contributed by atoms with E-state index in [1.165, 1.54) is 0 Å². The van der Waals surface area contributed by atoms with Crippen LogP contribution < -0.4 is 4.74 Å². The Labute approximate surface area is 105 Å². The molecule has 1 aliphatic rings. The second kappa shape index (κ2) is 4.64. The van der Waals surface area contributed by atoms with Crippen LogP contribution in [0.5, 0.6) is 5.75 Å². The molecule has 2 aromatic rings. The number of aryl methyl sites for hydroxylation is 1. The zero-order valence-electron chi connectivity index (χ0n) is 10.0. The zero-order chi connectivity index (χ0) is 12.4. The van der Waals surface area contributed by atoms with Gasteiger partial charge in [-0.05, 0) is 24.1 Å². The molecule has 0 amide bonds. The number of hydrogen-bond acceptors (Lipinski definition) is 3. The van der Waals surface area contributed by atoms with Crippen molar-refractivity contribution in [1.29, 1.82) is 0 Å². The maximum absolute atomic E-state index is 11.6. The van der Waals surface area contributed by atoms with Gasteiger partial charge in [-0.15, -0.1) is 0 Å². The van der Waals surface area contributed by atoms with Crippen LogP contribution in [-0.2, 0) is 13.0 Å². The molecule has 1 aromatic heterocycles. The minimum Gasteiger partial charge on any atom is -0.492 e. The number of carbonyl (C=O) groups excluding carboxylic acids is 1. The zero-order valence-corrected chi connectivity index (χ0v) is 10.0. The molecule has 0 atom stereocenters. The average Bonchev–Trinajstić information content (AvgIpc) is 3.01. The minimum atomic E-state index is 0.227. The predicted octanol–water partition coefficient (Wildman–Crippen LogP) is 2.09. The lowest BCUT2D eigenvalue weighted by molar-refractivity contribution is 0.0994. The summed E-state index contributed by atoms with van der Waals surface area (Å²) in [5, 5.41) is 0. The molecule has 0 saturated carbocycles. The van der Waals surface area contributed by atoms with Gasteiger partial charge in [-0.25, -0.2) is 4.98 Å². The monoisotopic (exact) mass is 242 g/mol. The number of imidazole rings is 1. The second-order valence-electron chi connectivity index (χ2n) is 4.39. The van der Waals surface area contributed by atoms with Gasteiger partial charge in [0.15, 0.2) is 5.78 Å². The van der Waals surface area contributed by atoms with E-state index < -0.39 is 0 Å². The molecule has 92 valence electrons. The number of carbonyl (C=O) groups is 1. The van der Waals surface area contributed by atoms with E-state index in [0.717, 1.165) is 29.8 Å². The maximum atomic E-state index is 11.6. The van der Waals surface area contributed by atoms with Gasteiger partial charge in [0.1, 0.15) is 12.4 Å². The first-order valence-electron chi connectivity index (χ1n) is 6.07. The summed E-state index contributed by atoms with van der Waals surface area (Å²) in [6.07, 6.45) is 6.90. The van der Waals surface area contributed by atoms with E-state index in [0.29, 0.717) is 13.0 Å². The molecule has 0 radical (unpaired) electrons. The van der Waals surface area contributed by atoms with Crippen LogP contribution in [0.1, 0.15) is 22.3 Å². The molecule has 1 aromatic carbocycles. The third kappa shape index (κ3) is 2.14. The third-order valence-electron chi connectivity index (χ3n) is 3.18. The molecular formula is C14H14N2O2. The standard InChI is InChI=1S/C14H14N2O2/c17-14-4-2-11-1-3-12(9-13(11)14)18-8-7-16-6-5-15-10-16/h1,3,5-6,9-10H,2,4,7-8H2. The summed E-state index contributed by atoms with van der Waals surface area (Å²) in [6.45, 7) is 1.33. The van der Waals surface area contributed by atoms with Crippen LogP contribution in [0.15, 0.2) is 36.9 Å². The average molecular weight is 242 g/mol. The molecule has 0 fully saturated rings. The maximum Gasteiger partial charge on any atom is 0.163 e. The number of fused-ring (bicyclic) bond motifs is 1. The number of nitrogens with zero attached hydrogens (tertiary/aromatic N) is 2. The van der Waals surface area contributed by atoms with E-state index in [9.17, 15) is 4.79 Å². The SMILES string of the molecule is O=C1CCc2ccc(OCCn3ccnc3)cc21. The van der Waals surface area contributed by atoms with Crippen molar-refractivity contribution in [2.75, 3.05) is 6.61 Å². The minimum absolute atomic E-state index is 0.227. The Hall–Kier alpha value is -2.10. The highest BCUT2D eigenvalue weighted by Gasteiger charge is 2.19. The van der Waals surface area contributed by atoms with Gasteiger partial charge in [0, 0.05) is 24.4 Å². The Bertz CT molecular complexity index is 561. The molecule has 0 unspecified atom stereocenters. The first kappa shape index (κ1) is 11.0. The van der Waals surface area contributed by atoms with Crippen molar-refractivity contribution in [1.82, 2.24) is 9.55 Å². The molecule has 0 spiro atoms. The Morgan fingerprint density at radius 1 is 1.33 bits per heavy atom. The molecule has 4 nitrogen and oxygen atoms in total. The largest absolute Gasteiger partial charge is 0.492 e. The Kier molecular flexibility index (Phi) is 2.84. The summed E-state index contributed by atoms with van der Waals surface area (Å²) in [5.41, 5.74) is 1.97. The van der Waals surface area contributed by atoms with E-state index in [4.69, 9.17) is 4.74 Å². The molecule has 0 aliphatic heterocycles. The normalized spacial score (nSPS) is 13.7. The van der Waals surface area contributed by atoms with E-state index in [1.54, 1.807) is 12.5 Å². The lowest BCUT2D eigenvalue weighted by Crippen LogP contribution is -2.06. The highest BCUT2D eigenvalue weighted by Crippen LogP contribution is 2.26. The highest BCUT2D eigenvalue weighted by molar-refractivity contribution is 6.00. The fourth-order valence-electron chi connectivity index (χ4n) is 2.19. The van der Waals surface area contributed by atoms with Gasteiger partial charge in [-0.2, -0.15) is 0 Å². The van der Waals surface area contributed by atoms with Crippen molar-refractivity contribution in [2.45, 2.75) is 19.4 Å². The van der Waals surface area contributed by atoms with Gasteiger partial charge in [0.05, 0.1) is 12.9 Å². The van der Waals surface area contributed by atoms with E-state index in [2.05, 4.69) is 4.98 Å². The van der Waals surface area contributed by atoms with Crippen LogP contribution >= 0.6 is 0 Å². The summed E-state index contributed by atoms with van der Waals surface area (Å²) in [6, 6.07) is 5.79. The fourth-order valence-corrected chi connectivity index (χ4v) is 2.19. The lowest BCUT2D eigenvalue weighted by Gasteiger charge is -2.08. The molecule has 1 aliphatic carbocycles. The number of hydrogen-bond donors (Lipinski definition) is 0. The molecule has 0 saturated heterocycles. The van der Waals surface area contributed by atoms with E-state index >= 15 is 0 Å². The highest BCUT2D eigenvalue weighted by atomic mass is 16.5. The lowest BCUT2D eigenvalue weighted by atomic mass is 10.1. The van der Waals surface area contributed by atoms with E-state index in [-0.39, 0.29) is 5.78 Å². The van der Waals surface area contributed by atoms with Crippen molar-refractivity contribution in [3.8, 4) is 5.75 Å². The molecule has 0 N–H and O–H groups in total. The number of ether oxygens (including phenoxy) is 1. The van der Waals surface area contributed by atoms with Crippen LogP contribution in [0.4, 0.5) is 0 Å². The summed E-state index contributed by atoms with van der Waals surface area (Å²) in [5.74, 6) is 0.995. The summed E-state index contributed by atoms with van der Waals surface area (Å²) in [4.78, 5) is 15.6. The first-order chi connectivity index (χ1) is 8.83. The summed E-state index contributed by atoms with van der Waals surface area (Å²) < 4.78 is 7.61. The van der Waals surface area contributed by atoms with Crippen LogP contribution in [0.3, 0.4) is 0 Å². The van der Waals surface area contributed by atoms with Crippen LogP contribution in [0.25, 0.3) is 0 Å². The van der Waals surface area contributed by atoms with Gasteiger partial charge in [0.25, 0.3) is 0 Å². The number of ketones is 1. The van der Waals surface area contributed by atoms with Gasteiger partial charge in [-0.1, -0.05) is 6.07 Å². The number of aromatic nitrogens is 2. The van der Waals surface area contributed by atoms with E-state index in [1.807, 2.05) is 29.0 Å². The van der Waals surface area contributed by atoms with Crippen molar-refractivity contribution in [3.63, 3.8) is 0 Å². The molecule has 3 rings (SSSR count). The molecular weight excluding hydrogens is 228 g/mol. The molecule has 18 heavy (non-hydrogen) atoms. The van der Waals surface area contributed by atoms with Gasteiger partial charge < -0.3 is 9.30 Å². The summed E-state index contributed by atoms with van der Waals surface area (Å²) in [7, 11) is 0. The van der Waals surface area contributed by atoms with Crippen molar-refractivity contribution in [2.24, 2.45) is 0 Å². The van der Waals surface area contributed by atoms with Crippen LogP contribution in [0, 0.1) is 0 Å².